The molecule has 0 saturated carbocycles. The van der Waals surface area contributed by atoms with Crippen LogP contribution in [0.3, 0.4) is 0 Å². The van der Waals surface area contributed by atoms with Gasteiger partial charge in [-0.25, -0.2) is 0 Å². The average molecular weight is 218 g/mol. The molecule has 1 heteroatoms. The topological polar surface area (TPSA) is 17.1 Å². The summed E-state index contributed by atoms with van der Waals surface area (Å²) in [4.78, 5) is 11.3. The first-order valence-corrected chi connectivity index (χ1v) is 6.11. The molecule has 88 valence electrons. The molecule has 0 amide bonds. The first kappa shape index (κ1) is 14.7. The number of allylic oxidation sites excluding steroid dienone is 3. The summed E-state index contributed by atoms with van der Waals surface area (Å²) in [7, 11) is 0. The van der Waals surface area contributed by atoms with Crippen molar-refractivity contribution in [2.45, 2.75) is 51.9 Å². The summed E-state index contributed by atoms with van der Waals surface area (Å²) in [6, 6.07) is 0. The zero-order valence-corrected chi connectivity index (χ0v) is 10.3. The van der Waals surface area contributed by atoms with Crippen LogP contribution in [0, 0.1) is 11.8 Å². The van der Waals surface area contributed by atoms with Gasteiger partial charge in [-0.1, -0.05) is 44.3 Å². The SMILES string of the molecule is C=CCC/C=C/C#CC(=O)CCCCCC. The van der Waals surface area contributed by atoms with E-state index in [1.54, 1.807) is 6.08 Å². The third-order valence-corrected chi connectivity index (χ3v) is 2.21. The Bertz CT molecular complexity index is 276. The molecule has 0 radical (unpaired) electrons. The van der Waals surface area contributed by atoms with Gasteiger partial charge in [-0.2, -0.15) is 0 Å². The quantitative estimate of drug-likeness (QED) is 0.260. The summed E-state index contributed by atoms with van der Waals surface area (Å²) in [5.74, 6) is 5.47. The molecule has 0 aliphatic carbocycles. The molecule has 0 rings (SSSR count). The highest BCUT2D eigenvalue weighted by Gasteiger charge is 1.95. The third kappa shape index (κ3) is 10.8. The molecule has 0 atom stereocenters. The van der Waals surface area contributed by atoms with Crippen LogP contribution < -0.4 is 0 Å². The Morgan fingerprint density at radius 2 is 2.06 bits per heavy atom. The van der Waals surface area contributed by atoms with E-state index in [0.29, 0.717) is 6.42 Å². The Morgan fingerprint density at radius 1 is 1.25 bits per heavy atom. The summed E-state index contributed by atoms with van der Waals surface area (Å²) in [5, 5.41) is 0. The largest absolute Gasteiger partial charge is 0.285 e. The first-order chi connectivity index (χ1) is 7.81. The van der Waals surface area contributed by atoms with Crippen LogP contribution in [0.15, 0.2) is 24.8 Å². The van der Waals surface area contributed by atoms with Gasteiger partial charge >= 0.3 is 0 Å². The predicted molar refractivity (Wildman–Crippen MR) is 70.1 cm³/mol. The number of ketones is 1. The van der Waals surface area contributed by atoms with Crippen molar-refractivity contribution in [1.82, 2.24) is 0 Å². The van der Waals surface area contributed by atoms with Gasteiger partial charge in [-0.3, -0.25) is 4.79 Å². The van der Waals surface area contributed by atoms with E-state index in [-0.39, 0.29) is 5.78 Å². The summed E-state index contributed by atoms with van der Waals surface area (Å²) in [5.41, 5.74) is 0. The fourth-order valence-corrected chi connectivity index (χ4v) is 1.25. The predicted octanol–water partition coefficient (Wildman–Crippen LogP) is 4.05. The minimum absolute atomic E-state index is 0.0597. The maximum Gasteiger partial charge on any atom is 0.205 e. The third-order valence-electron chi connectivity index (χ3n) is 2.21. The number of carbonyl (C=O) groups is 1. The van der Waals surface area contributed by atoms with Crippen molar-refractivity contribution in [3.05, 3.63) is 24.8 Å². The number of hydrogen-bond acceptors (Lipinski definition) is 1. The molecule has 0 unspecified atom stereocenters. The first-order valence-electron chi connectivity index (χ1n) is 6.11. The van der Waals surface area contributed by atoms with Crippen molar-refractivity contribution >= 4 is 5.78 Å². The molecule has 0 heterocycles. The fraction of sp³-hybridized carbons (Fsp3) is 0.533. The van der Waals surface area contributed by atoms with E-state index in [4.69, 9.17) is 0 Å². The van der Waals surface area contributed by atoms with Crippen LogP contribution in [0.1, 0.15) is 51.9 Å². The van der Waals surface area contributed by atoms with Gasteiger partial charge in [-0.05, 0) is 31.3 Å². The minimum atomic E-state index is 0.0597. The molecule has 0 spiro atoms. The molecule has 0 aromatic carbocycles. The van der Waals surface area contributed by atoms with Crippen molar-refractivity contribution < 1.29 is 4.79 Å². The van der Waals surface area contributed by atoms with Gasteiger partial charge in [-0.15, -0.1) is 6.58 Å². The fourth-order valence-electron chi connectivity index (χ4n) is 1.25. The number of hydrogen-bond donors (Lipinski definition) is 0. The molecule has 0 fully saturated rings. The molecule has 1 nitrogen and oxygen atoms in total. The average Bonchev–Trinajstić information content (AvgIpc) is 2.29. The zero-order valence-electron chi connectivity index (χ0n) is 10.3. The number of unbranched alkanes of at least 4 members (excludes halogenated alkanes) is 4. The molecule has 0 aromatic heterocycles. The zero-order chi connectivity index (χ0) is 12.1. The Kier molecular flexibility index (Phi) is 10.8. The monoisotopic (exact) mass is 218 g/mol. The molecule has 0 aliphatic heterocycles. The molecule has 0 N–H and O–H groups in total. The van der Waals surface area contributed by atoms with Gasteiger partial charge in [0.1, 0.15) is 0 Å². The standard InChI is InChI=1S/C15H22O/c1-3-5-7-9-10-12-14-15(16)13-11-8-6-4-2/h3,9-10H,1,4-8,11,13H2,2H3/b10-9+. The molecular weight excluding hydrogens is 196 g/mol. The summed E-state index contributed by atoms with van der Waals surface area (Å²) in [6.07, 6.45) is 12.6. The summed E-state index contributed by atoms with van der Waals surface area (Å²) in [6.45, 7) is 5.79. The van der Waals surface area contributed by atoms with E-state index in [9.17, 15) is 4.79 Å². The maximum atomic E-state index is 11.3. The van der Waals surface area contributed by atoms with E-state index in [1.165, 1.54) is 12.8 Å². The smallest absolute Gasteiger partial charge is 0.205 e. The lowest BCUT2D eigenvalue weighted by Gasteiger charge is -1.93. The highest BCUT2D eigenvalue weighted by Crippen LogP contribution is 2.02. The van der Waals surface area contributed by atoms with E-state index >= 15 is 0 Å². The Hall–Kier alpha value is -1.29. The van der Waals surface area contributed by atoms with Gasteiger partial charge in [0, 0.05) is 6.42 Å². The second kappa shape index (κ2) is 11.8. The highest BCUT2D eigenvalue weighted by atomic mass is 16.1. The van der Waals surface area contributed by atoms with Gasteiger partial charge in [0.25, 0.3) is 0 Å². The van der Waals surface area contributed by atoms with Crippen LogP contribution in [0.5, 0.6) is 0 Å². The van der Waals surface area contributed by atoms with Gasteiger partial charge in [0.05, 0.1) is 0 Å². The van der Waals surface area contributed by atoms with Gasteiger partial charge < -0.3 is 0 Å². The van der Waals surface area contributed by atoms with E-state index in [2.05, 4.69) is 25.3 Å². The van der Waals surface area contributed by atoms with Crippen molar-refractivity contribution in [2.75, 3.05) is 0 Å². The second-order valence-electron chi connectivity index (χ2n) is 3.77. The van der Waals surface area contributed by atoms with Crippen molar-refractivity contribution in [3.8, 4) is 11.8 Å². The minimum Gasteiger partial charge on any atom is -0.285 e. The normalized spacial score (nSPS) is 9.81. The number of carbonyl (C=O) groups excluding carboxylic acids is 1. The Morgan fingerprint density at radius 3 is 2.75 bits per heavy atom. The van der Waals surface area contributed by atoms with Crippen molar-refractivity contribution in [2.24, 2.45) is 0 Å². The van der Waals surface area contributed by atoms with Crippen LogP contribution in [0.25, 0.3) is 0 Å². The molecule has 0 aromatic rings. The molecule has 0 aliphatic rings. The Balaban J connectivity index is 3.57. The summed E-state index contributed by atoms with van der Waals surface area (Å²) >= 11 is 0. The van der Waals surface area contributed by atoms with Crippen LogP contribution in [0.4, 0.5) is 0 Å². The molecule has 16 heavy (non-hydrogen) atoms. The van der Waals surface area contributed by atoms with Crippen LogP contribution >= 0.6 is 0 Å². The Labute approximate surface area is 99.6 Å². The molecule has 0 saturated heterocycles. The van der Waals surface area contributed by atoms with Crippen LogP contribution in [-0.4, -0.2) is 5.78 Å². The van der Waals surface area contributed by atoms with Gasteiger partial charge in [0.15, 0.2) is 0 Å². The van der Waals surface area contributed by atoms with Crippen LogP contribution in [0.2, 0.25) is 0 Å². The number of rotatable bonds is 8. The van der Waals surface area contributed by atoms with E-state index in [0.717, 1.165) is 25.7 Å². The molecule has 0 bridgehead atoms. The van der Waals surface area contributed by atoms with Crippen molar-refractivity contribution in [1.29, 1.82) is 0 Å². The van der Waals surface area contributed by atoms with E-state index < -0.39 is 0 Å². The highest BCUT2D eigenvalue weighted by molar-refractivity contribution is 5.95. The lowest BCUT2D eigenvalue weighted by Crippen LogP contribution is -1.92. The van der Waals surface area contributed by atoms with E-state index in [1.807, 2.05) is 12.2 Å². The second-order valence-corrected chi connectivity index (χ2v) is 3.77. The van der Waals surface area contributed by atoms with Crippen molar-refractivity contribution in [3.63, 3.8) is 0 Å². The maximum absolute atomic E-state index is 11.3. The lowest BCUT2D eigenvalue weighted by atomic mass is 10.1. The summed E-state index contributed by atoms with van der Waals surface area (Å²) < 4.78 is 0. The number of Topliss-reactive ketones (excluding diaryl/α,β-unsaturated/α-hetero) is 1. The van der Waals surface area contributed by atoms with Crippen LogP contribution in [-0.2, 0) is 4.79 Å². The molecular formula is C15H22O. The van der Waals surface area contributed by atoms with Gasteiger partial charge in [0.2, 0.25) is 5.78 Å². The lowest BCUT2D eigenvalue weighted by molar-refractivity contribution is -0.113.